The maximum atomic E-state index is 11.6. The summed E-state index contributed by atoms with van der Waals surface area (Å²) in [5.41, 5.74) is 0.828. The lowest BCUT2D eigenvalue weighted by Crippen LogP contribution is -2.40. The van der Waals surface area contributed by atoms with Gasteiger partial charge in [0.05, 0.1) is 11.3 Å². The van der Waals surface area contributed by atoms with Crippen molar-refractivity contribution in [2.24, 2.45) is 0 Å². The third kappa shape index (κ3) is 3.67. The van der Waals surface area contributed by atoms with Crippen molar-refractivity contribution in [3.05, 3.63) is 30.6 Å². The summed E-state index contributed by atoms with van der Waals surface area (Å²) in [7, 11) is 0. The van der Waals surface area contributed by atoms with Crippen LogP contribution in [0.15, 0.2) is 35.6 Å². The Labute approximate surface area is 120 Å². The smallest absolute Gasteiger partial charge is 0.321 e. The van der Waals surface area contributed by atoms with E-state index in [1.807, 2.05) is 24.3 Å². The fourth-order valence-electron chi connectivity index (χ4n) is 1.60. The fraction of sp³-hybridized carbons (Fsp3) is 0.231. The fourth-order valence-corrected chi connectivity index (χ4v) is 2.39. The summed E-state index contributed by atoms with van der Waals surface area (Å²) in [4.78, 5) is 31.1. The van der Waals surface area contributed by atoms with Crippen LogP contribution in [0.1, 0.15) is 6.92 Å². The molecular formula is C13H14N4O2S. The van der Waals surface area contributed by atoms with Crippen molar-refractivity contribution in [1.29, 1.82) is 0 Å². The van der Waals surface area contributed by atoms with Crippen LogP contribution in [0.4, 0.5) is 4.79 Å². The van der Waals surface area contributed by atoms with Gasteiger partial charge in [0.1, 0.15) is 11.4 Å². The molecule has 0 aliphatic carbocycles. The molecule has 0 saturated heterocycles. The first-order valence-corrected chi connectivity index (χ1v) is 7.09. The van der Waals surface area contributed by atoms with Crippen molar-refractivity contribution in [2.45, 2.75) is 11.9 Å². The predicted molar refractivity (Wildman–Crippen MR) is 77.5 cm³/mol. The van der Waals surface area contributed by atoms with Crippen molar-refractivity contribution >= 4 is 34.6 Å². The van der Waals surface area contributed by atoms with Crippen LogP contribution in [0.5, 0.6) is 0 Å². The highest BCUT2D eigenvalue weighted by Crippen LogP contribution is 2.23. The van der Waals surface area contributed by atoms with Gasteiger partial charge in [-0.3, -0.25) is 10.1 Å². The molecule has 0 bridgehead atoms. The molecule has 0 radical (unpaired) electrons. The minimum atomic E-state index is -0.481. The number of imide groups is 1. The van der Waals surface area contributed by atoms with Gasteiger partial charge < -0.3 is 5.32 Å². The molecule has 0 aliphatic heterocycles. The normalized spacial score (nSPS) is 10.2. The van der Waals surface area contributed by atoms with E-state index in [0.29, 0.717) is 6.54 Å². The first-order chi connectivity index (χ1) is 9.70. The van der Waals surface area contributed by atoms with E-state index in [0.717, 1.165) is 15.9 Å². The number of para-hydroxylation sites is 1. The number of hydrogen-bond acceptors (Lipinski definition) is 5. The van der Waals surface area contributed by atoms with E-state index >= 15 is 0 Å². The molecule has 2 N–H and O–H groups in total. The molecule has 104 valence electrons. The lowest BCUT2D eigenvalue weighted by atomic mass is 10.2. The Morgan fingerprint density at radius 2 is 2.05 bits per heavy atom. The number of carbonyl (C=O) groups is 2. The Kier molecular flexibility index (Phi) is 4.89. The van der Waals surface area contributed by atoms with Crippen LogP contribution in [-0.4, -0.2) is 34.2 Å². The van der Waals surface area contributed by atoms with Gasteiger partial charge in [-0.05, 0) is 13.0 Å². The Hall–Kier alpha value is -2.15. The second kappa shape index (κ2) is 6.85. The first-order valence-electron chi connectivity index (χ1n) is 6.11. The summed E-state index contributed by atoms with van der Waals surface area (Å²) in [5, 5.41) is 6.36. The van der Waals surface area contributed by atoms with Crippen molar-refractivity contribution in [3.63, 3.8) is 0 Å². The van der Waals surface area contributed by atoms with Crippen LogP contribution in [0, 0.1) is 0 Å². The molecule has 7 heteroatoms. The minimum Gasteiger partial charge on any atom is -0.338 e. The Morgan fingerprint density at radius 1 is 1.25 bits per heavy atom. The number of benzene rings is 1. The highest BCUT2D eigenvalue weighted by atomic mass is 32.2. The van der Waals surface area contributed by atoms with Gasteiger partial charge in [0, 0.05) is 11.9 Å². The average Bonchev–Trinajstić information content (AvgIpc) is 2.45. The molecule has 0 unspecified atom stereocenters. The standard InChI is InChI=1S/C13H14N4O2S/c1-2-14-13(19)17-11(18)7-20-12-9-5-3-4-6-10(9)15-8-16-12/h3-6,8H,2,7H2,1H3,(H2,14,17,18,19). The zero-order chi connectivity index (χ0) is 14.4. The Balaban J connectivity index is 1.99. The second-order valence-electron chi connectivity index (χ2n) is 3.89. The zero-order valence-electron chi connectivity index (χ0n) is 10.9. The van der Waals surface area contributed by atoms with Gasteiger partial charge in [0.25, 0.3) is 0 Å². The topological polar surface area (TPSA) is 84.0 Å². The molecule has 1 heterocycles. The van der Waals surface area contributed by atoms with Gasteiger partial charge in [0.15, 0.2) is 0 Å². The van der Waals surface area contributed by atoms with Gasteiger partial charge in [-0.25, -0.2) is 14.8 Å². The van der Waals surface area contributed by atoms with Crippen LogP contribution in [0.25, 0.3) is 10.9 Å². The number of nitrogens with zero attached hydrogens (tertiary/aromatic N) is 2. The molecule has 0 aliphatic rings. The van der Waals surface area contributed by atoms with Crippen molar-refractivity contribution < 1.29 is 9.59 Å². The van der Waals surface area contributed by atoms with Crippen LogP contribution in [0.2, 0.25) is 0 Å². The summed E-state index contributed by atoms with van der Waals surface area (Å²) >= 11 is 1.27. The number of fused-ring (bicyclic) bond motifs is 1. The van der Waals surface area contributed by atoms with Crippen LogP contribution in [0.3, 0.4) is 0 Å². The highest BCUT2D eigenvalue weighted by Gasteiger charge is 2.09. The average molecular weight is 290 g/mol. The monoisotopic (exact) mass is 290 g/mol. The van der Waals surface area contributed by atoms with Crippen molar-refractivity contribution in [2.75, 3.05) is 12.3 Å². The molecule has 20 heavy (non-hydrogen) atoms. The Morgan fingerprint density at radius 3 is 2.85 bits per heavy atom. The van der Waals surface area contributed by atoms with E-state index in [-0.39, 0.29) is 11.7 Å². The van der Waals surface area contributed by atoms with Gasteiger partial charge >= 0.3 is 6.03 Å². The molecular weight excluding hydrogens is 276 g/mol. The molecule has 2 rings (SSSR count). The Bertz CT molecular complexity index is 627. The van der Waals surface area contributed by atoms with Crippen LogP contribution < -0.4 is 10.6 Å². The maximum Gasteiger partial charge on any atom is 0.321 e. The third-order valence-electron chi connectivity index (χ3n) is 2.44. The lowest BCUT2D eigenvalue weighted by Gasteiger charge is -2.05. The van der Waals surface area contributed by atoms with E-state index in [1.54, 1.807) is 6.92 Å². The number of hydrogen-bond donors (Lipinski definition) is 2. The number of amides is 3. The SMILES string of the molecule is CCNC(=O)NC(=O)CSc1ncnc2ccccc12. The number of thioether (sulfide) groups is 1. The van der Waals surface area contributed by atoms with Gasteiger partial charge in [-0.15, -0.1) is 0 Å². The van der Waals surface area contributed by atoms with Crippen LogP contribution >= 0.6 is 11.8 Å². The highest BCUT2D eigenvalue weighted by molar-refractivity contribution is 8.00. The van der Waals surface area contributed by atoms with Crippen LogP contribution in [-0.2, 0) is 4.79 Å². The molecule has 0 fully saturated rings. The van der Waals surface area contributed by atoms with Gasteiger partial charge in [0.2, 0.25) is 5.91 Å². The van der Waals surface area contributed by atoms with E-state index in [2.05, 4.69) is 20.6 Å². The molecule has 2 aromatic rings. The van der Waals surface area contributed by atoms with E-state index < -0.39 is 6.03 Å². The van der Waals surface area contributed by atoms with Crippen molar-refractivity contribution in [1.82, 2.24) is 20.6 Å². The summed E-state index contributed by atoms with van der Waals surface area (Å²) in [5.74, 6) is -0.235. The summed E-state index contributed by atoms with van der Waals surface area (Å²) in [6.45, 7) is 2.26. The molecule has 3 amide bonds. The number of aromatic nitrogens is 2. The molecule has 0 atom stereocenters. The maximum absolute atomic E-state index is 11.6. The second-order valence-corrected chi connectivity index (χ2v) is 4.86. The summed E-state index contributed by atoms with van der Waals surface area (Å²) in [6, 6.07) is 7.09. The predicted octanol–water partition coefficient (Wildman–Crippen LogP) is 1.57. The quantitative estimate of drug-likeness (QED) is 0.659. The summed E-state index contributed by atoms with van der Waals surface area (Å²) in [6.07, 6.45) is 1.46. The molecule has 1 aromatic heterocycles. The van der Waals surface area contributed by atoms with E-state index in [1.165, 1.54) is 18.1 Å². The molecule has 6 nitrogen and oxygen atoms in total. The van der Waals surface area contributed by atoms with E-state index in [9.17, 15) is 9.59 Å². The minimum absolute atomic E-state index is 0.123. The molecule has 1 aromatic carbocycles. The molecule has 0 saturated carbocycles. The number of nitrogens with one attached hydrogen (secondary N) is 2. The number of rotatable bonds is 4. The van der Waals surface area contributed by atoms with Gasteiger partial charge in [-0.2, -0.15) is 0 Å². The summed E-state index contributed by atoms with van der Waals surface area (Å²) < 4.78 is 0. The largest absolute Gasteiger partial charge is 0.338 e. The third-order valence-corrected chi connectivity index (χ3v) is 3.44. The number of urea groups is 1. The zero-order valence-corrected chi connectivity index (χ0v) is 11.7. The van der Waals surface area contributed by atoms with Crippen molar-refractivity contribution in [3.8, 4) is 0 Å². The molecule has 0 spiro atoms. The lowest BCUT2D eigenvalue weighted by molar-refractivity contribution is -0.117. The van der Waals surface area contributed by atoms with Gasteiger partial charge in [-0.1, -0.05) is 30.0 Å². The number of carbonyl (C=O) groups excluding carboxylic acids is 2. The van der Waals surface area contributed by atoms with E-state index in [4.69, 9.17) is 0 Å². The first kappa shape index (κ1) is 14.3.